The highest BCUT2D eigenvalue weighted by Gasteiger charge is 2.06. The summed E-state index contributed by atoms with van der Waals surface area (Å²) in [4.78, 5) is 0. The maximum absolute atomic E-state index is 13.5. The fourth-order valence-electron chi connectivity index (χ4n) is 1.71. The minimum atomic E-state index is -0.291. The molecular weight excluding hydrogens is 245 g/mol. The number of benzene rings is 1. The molecule has 0 amide bonds. The van der Waals surface area contributed by atoms with Crippen molar-refractivity contribution in [3.05, 3.63) is 29.6 Å². The van der Waals surface area contributed by atoms with Gasteiger partial charge >= 0.3 is 0 Å². The van der Waals surface area contributed by atoms with Crippen LogP contribution in [-0.2, 0) is 11.2 Å². The zero-order valence-corrected chi connectivity index (χ0v) is 12.0. The van der Waals surface area contributed by atoms with Crippen molar-refractivity contribution in [2.75, 3.05) is 13.2 Å². The van der Waals surface area contributed by atoms with Crippen molar-refractivity contribution in [1.82, 2.24) is 0 Å². The SMILES string of the molecule is CCC(N)Cc1cc(F)cc(OCCOC(C)C)c1. The lowest BCUT2D eigenvalue weighted by Crippen LogP contribution is -2.21. The molecule has 0 bridgehead atoms. The maximum Gasteiger partial charge on any atom is 0.127 e. The highest BCUT2D eigenvalue weighted by molar-refractivity contribution is 5.30. The van der Waals surface area contributed by atoms with Crippen molar-refractivity contribution in [1.29, 1.82) is 0 Å². The molecule has 0 heterocycles. The largest absolute Gasteiger partial charge is 0.491 e. The van der Waals surface area contributed by atoms with Gasteiger partial charge in [0.05, 0.1) is 12.7 Å². The molecule has 1 rings (SSSR count). The summed E-state index contributed by atoms with van der Waals surface area (Å²) in [6.07, 6.45) is 1.71. The van der Waals surface area contributed by atoms with Gasteiger partial charge in [0.1, 0.15) is 18.2 Å². The van der Waals surface area contributed by atoms with Crippen LogP contribution in [0.3, 0.4) is 0 Å². The second kappa shape index (κ2) is 8.12. The summed E-state index contributed by atoms with van der Waals surface area (Å²) in [6.45, 7) is 6.86. The Bertz CT molecular complexity index is 382. The van der Waals surface area contributed by atoms with Crippen molar-refractivity contribution < 1.29 is 13.9 Å². The van der Waals surface area contributed by atoms with Crippen LogP contribution in [0.2, 0.25) is 0 Å². The summed E-state index contributed by atoms with van der Waals surface area (Å²) in [5.41, 5.74) is 6.75. The highest BCUT2D eigenvalue weighted by atomic mass is 19.1. The summed E-state index contributed by atoms with van der Waals surface area (Å²) in [6, 6.07) is 4.79. The molecule has 0 aliphatic heterocycles. The van der Waals surface area contributed by atoms with Crippen LogP contribution in [0.5, 0.6) is 5.75 Å². The predicted molar refractivity (Wildman–Crippen MR) is 75.0 cm³/mol. The van der Waals surface area contributed by atoms with Crippen molar-refractivity contribution in [3.63, 3.8) is 0 Å². The number of ether oxygens (including phenoxy) is 2. The van der Waals surface area contributed by atoms with Gasteiger partial charge in [-0.3, -0.25) is 0 Å². The Morgan fingerprint density at radius 1 is 1.21 bits per heavy atom. The fraction of sp³-hybridized carbons (Fsp3) is 0.600. The van der Waals surface area contributed by atoms with E-state index in [-0.39, 0.29) is 18.0 Å². The summed E-state index contributed by atoms with van der Waals surface area (Å²) >= 11 is 0. The van der Waals surface area contributed by atoms with E-state index in [1.54, 1.807) is 0 Å². The summed E-state index contributed by atoms with van der Waals surface area (Å²) < 4.78 is 24.3. The smallest absolute Gasteiger partial charge is 0.127 e. The van der Waals surface area contributed by atoms with E-state index < -0.39 is 0 Å². The van der Waals surface area contributed by atoms with Gasteiger partial charge in [0, 0.05) is 12.1 Å². The molecule has 0 aliphatic rings. The van der Waals surface area contributed by atoms with Gasteiger partial charge in [-0.2, -0.15) is 0 Å². The third kappa shape index (κ3) is 6.55. The van der Waals surface area contributed by atoms with Crippen LogP contribution in [0.1, 0.15) is 32.8 Å². The van der Waals surface area contributed by atoms with Gasteiger partial charge < -0.3 is 15.2 Å². The topological polar surface area (TPSA) is 44.5 Å². The van der Waals surface area contributed by atoms with Gasteiger partial charge in [-0.25, -0.2) is 4.39 Å². The molecule has 19 heavy (non-hydrogen) atoms. The van der Waals surface area contributed by atoms with Gasteiger partial charge in [0.15, 0.2) is 0 Å². The molecule has 0 saturated heterocycles. The minimum absolute atomic E-state index is 0.0546. The predicted octanol–water partition coefficient (Wildman–Crippen LogP) is 2.91. The molecule has 0 saturated carbocycles. The number of rotatable bonds is 8. The highest BCUT2D eigenvalue weighted by Crippen LogP contribution is 2.18. The molecule has 1 aromatic rings. The molecular formula is C15H24FNO2. The van der Waals surface area contributed by atoms with Gasteiger partial charge in [-0.05, 0) is 44.4 Å². The number of nitrogens with two attached hydrogens (primary N) is 1. The molecule has 0 fully saturated rings. The van der Waals surface area contributed by atoms with Crippen LogP contribution in [0.15, 0.2) is 18.2 Å². The Morgan fingerprint density at radius 2 is 1.95 bits per heavy atom. The van der Waals surface area contributed by atoms with Crippen molar-refractivity contribution in [2.45, 2.75) is 45.8 Å². The lowest BCUT2D eigenvalue weighted by molar-refractivity contribution is 0.0552. The Labute approximate surface area is 114 Å². The van der Waals surface area contributed by atoms with E-state index in [9.17, 15) is 4.39 Å². The molecule has 0 radical (unpaired) electrons. The molecule has 0 aromatic heterocycles. The summed E-state index contributed by atoms with van der Waals surface area (Å²) in [5.74, 6) is 0.242. The Hall–Kier alpha value is -1.13. The van der Waals surface area contributed by atoms with Gasteiger partial charge in [0.2, 0.25) is 0 Å². The van der Waals surface area contributed by atoms with E-state index in [0.29, 0.717) is 25.4 Å². The van der Waals surface area contributed by atoms with E-state index in [1.807, 2.05) is 26.8 Å². The lowest BCUT2D eigenvalue weighted by Gasteiger charge is -2.12. The molecule has 1 aromatic carbocycles. The van der Waals surface area contributed by atoms with Gasteiger partial charge in [0.25, 0.3) is 0 Å². The first-order valence-electron chi connectivity index (χ1n) is 6.80. The van der Waals surface area contributed by atoms with Crippen LogP contribution in [0, 0.1) is 5.82 Å². The Morgan fingerprint density at radius 3 is 2.58 bits per heavy atom. The first-order valence-corrected chi connectivity index (χ1v) is 6.80. The third-order valence-electron chi connectivity index (χ3n) is 2.76. The first kappa shape index (κ1) is 15.9. The van der Waals surface area contributed by atoms with Crippen LogP contribution in [0.4, 0.5) is 4.39 Å². The summed E-state index contributed by atoms with van der Waals surface area (Å²) in [7, 11) is 0. The van der Waals surface area contributed by atoms with Crippen LogP contribution < -0.4 is 10.5 Å². The zero-order valence-electron chi connectivity index (χ0n) is 12.0. The van der Waals surface area contributed by atoms with E-state index in [1.165, 1.54) is 12.1 Å². The van der Waals surface area contributed by atoms with E-state index in [2.05, 4.69) is 0 Å². The van der Waals surface area contributed by atoms with Crippen LogP contribution >= 0.6 is 0 Å². The average Bonchev–Trinajstić information content (AvgIpc) is 2.33. The Balaban J connectivity index is 2.53. The van der Waals surface area contributed by atoms with Crippen molar-refractivity contribution in [2.24, 2.45) is 5.73 Å². The molecule has 0 spiro atoms. The minimum Gasteiger partial charge on any atom is -0.491 e. The molecule has 1 atom stereocenters. The number of hydrogen-bond donors (Lipinski definition) is 1. The molecule has 3 nitrogen and oxygen atoms in total. The van der Waals surface area contributed by atoms with Gasteiger partial charge in [-0.15, -0.1) is 0 Å². The average molecular weight is 269 g/mol. The molecule has 2 N–H and O–H groups in total. The normalized spacial score (nSPS) is 12.7. The molecule has 0 aliphatic carbocycles. The number of halogens is 1. The Kier molecular flexibility index (Phi) is 6.81. The molecule has 1 unspecified atom stereocenters. The second-order valence-corrected chi connectivity index (χ2v) is 4.94. The quantitative estimate of drug-likeness (QED) is 0.738. The second-order valence-electron chi connectivity index (χ2n) is 4.94. The zero-order chi connectivity index (χ0) is 14.3. The van der Waals surface area contributed by atoms with Gasteiger partial charge in [-0.1, -0.05) is 6.92 Å². The van der Waals surface area contributed by atoms with Crippen molar-refractivity contribution in [3.8, 4) is 5.75 Å². The lowest BCUT2D eigenvalue weighted by atomic mass is 10.0. The summed E-state index contributed by atoms with van der Waals surface area (Å²) in [5, 5.41) is 0. The van der Waals surface area contributed by atoms with E-state index in [4.69, 9.17) is 15.2 Å². The van der Waals surface area contributed by atoms with Crippen molar-refractivity contribution >= 4 is 0 Å². The number of hydrogen-bond acceptors (Lipinski definition) is 3. The standard InChI is InChI=1S/C15H24FNO2/c1-4-14(17)8-12-7-13(16)10-15(9-12)19-6-5-18-11(2)3/h7,9-11,14H,4-6,8,17H2,1-3H3. The van der Waals surface area contributed by atoms with E-state index >= 15 is 0 Å². The van der Waals surface area contributed by atoms with Crippen LogP contribution in [-0.4, -0.2) is 25.4 Å². The monoisotopic (exact) mass is 269 g/mol. The van der Waals surface area contributed by atoms with E-state index in [0.717, 1.165) is 12.0 Å². The van der Waals surface area contributed by atoms with Crippen LogP contribution in [0.25, 0.3) is 0 Å². The fourth-order valence-corrected chi connectivity index (χ4v) is 1.71. The molecule has 108 valence electrons. The third-order valence-corrected chi connectivity index (χ3v) is 2.76. The first-order chi connectivity index (χ1) is 9.01. The molecule has 4 heteroatoms. The maximum atomic E-state index is 13.5.